The lowest BCUT2D eigenvalue weighted by Crippen LogP contribution is -2.33. The molecule has 0 aliphatic heterocycles. The Balaban J connectivity index is 3.57. The van der Waals surface area contributed by atoms with Crippen molar-refractivity contribution in [2.24, 2.45) is 11.7 Å². The Morgan fingerprint density at radius 3 is 2.58 bits per heavy atom. The van der Waals surface area contributed by atoms with Gasteiger partial charge in [0, 0.05) is 5.88 Å². The lowest BCUT2D eigenvalue weighted by molar-refractivity contribution is -0.146. The second kappa shape index (κ2) is 6.26. The third-order valence-corrected chi connectivity index (χ3v) is 1.50. The maximum Gasteiger partial charge on any atom is 0.322 e. The van der Waals surface area contributed by atoms with Gasteiger partial charge in [-0.25, -0.2) is 0 Å². The molecular formula is C8H16ClNO2. The highest BCUT2D eigenvalue weighted by molar-refractivity contribution is 6.18. The van der Waals surface area contributed by atoms with Crippen LogP contribution in [0.2, 0.25) is 0 Å². The molecule has 0 aliphatic carbocycles. The molecule has 0 aliphatic rings. The van der Waals surface area contributed by atoms with Crippen LogP contribution < -0.4 is 5.73 Å². The van der Waals surface area contributed by atoms with Gasteiger partial charge >= 0.3 is 5.97 Å². The lowest BCUT2D eigenvalue weighted by atomic mass is 10.2. The zero-order valence-corrected chi connectivity index (χ0v) is 8.30. The van der Waals surface area contributed by atoms with E-state index in [1.165, 1.54) is 0 Å². The van der Waals surface area contributed by atoms with Crippen molar-refractivity contribution < 1.29 is 9.53 Å². The molecular weight excluding hydrogens is 178 g/mol. The summed E-state index contributed by atoms with van der Waals surface area (Å²) >= 11 is 5.42. The smallest absolute Gasteiger partial charge is 0.322 e. The zero-order valence-electron chi connectivity index (χ0n) is 7.55. The Morgan fingerprint density at radius 2 is 2.17 bits per heavy atom. The van der Waals surface area contributed by atoms with E-state index in [0.717, 1.165) is 0 Å². The van der Waals surface area contributed by atoms with Gasteiger partial charge in [0.15, 0.2) is 0 Å². The highest BCUT2D eigenvalue weighted by atomic mass is 35.5. The van der Waals surface area contributed by atoms with Gasteiger partial charge in [-0.2, -0.15) is 0 Å². The first kappa shape index (κ1) is 11.7. The largest absolute Gasteiger partial charge is 0.464 e. The first-order valence-corrected chi connectivity index (χ1v) is 4.59. The van der Waals surface area contributed by atoms with Crippen LogP contribution in [0.5, 0.6) is 0 Å². The van der Waals surface area contributed by atoms with Gasteiger partial charge < -0.3 is 10.5 Å². The van der Waals surface area contributed by atoms with Gasteiger partial charge in [0.2, 0.25) is 0 Å². The molecule has 3 nitrogen and oxygen atoms in total. The second-order valence-electron chi connectivity index (χ2n) is 3.11. The number of alkyl halides is 1. The van der Waals surface area contributed by atoms with E-state index in [9.17, 15) is 4.79 Å². The molecule has 0 radical (unpaired) electrons. The predicted octanol–water partition coefficient (Wildman–Crippen LogP) is 1.14. The predicted molar refractivity (Wildman–Crippen MR) is 49.1 cm³/mol. The average molecular weight is 194 g/mol. The van der Waals surface area contributed by atoms with Crippen molar-refractivity contribution in [2.45, 2.75) is 26.3 Å². The summed E-state index contributed by atoms with van der Waals surface area (Å²) in [6.07, 6.45) is 0.471. The van der Waals surface area contributed by atoms with Crippen LogP contribution >= 0.6 is 11.6 Å². The van der Waals surface area contributed by atoms with Crippen molar-refractivity contribution in [2.75, 3.05) is 12.5 Å². The Morgan fingerprint density at radius 1 is 1.58 bits per heavy atom. The minimum atomic E-state index is -0.568. The van der Waals surface area contributed by atoms with Gasteiger partial charge in [0.25, 0.3) is 0 Å². The Bertz CT molecular complexity index is 139. The molecule has 0 aromatic heterocycles. The lowest BCUT2D eigenvalue weighted by Gasteiger charge is -2.11. The van der Waals surface area contributed by atoms with Crippen molar-refractivity contribution in [3.63, 3.8) is 0 Å². The van der Waals surface area contributed by atoms with E-state index in [1.807, 2.05) is 13.8 Å². The van der Waals surface area contributed by atoms with Crippen LogP contribution in [0.1, 0.15) is 20.3 Å². The minimum absolute atomic E-state index is 0.345. The Hall–Kier alpha value is -0.280. The monoisotopic (exact) mass is 193 g/mol. The minimum Gasteiger partial charge on any atom is -0.464 e. The summed E-state index contributed by atoms with van der Waals surface area (Å²) < 4.78 is 4.90. The van der Waals surface area contributed by atoms with Crippen LogP contribution in [-0.2, 0) is 9.53 Å². The van der Waals surface area contributed by atoms with Crippen LogP contribution in [0.4, 0.5) is 0 Å². The summed E-state index contributed by atoms with van der Waals surface area (Å²) in [6.45, 7) is 4.37. The summed E-state index contributed by atoms with van der Waals surface area (Å²) in [5.74, 6) is 0.374. The molecule has 4 heteroatoms. The first-order chi connectivity index (χ1) is 5.57. The Labute approximate surface area is 78.2 Å². The molecule has 0 rings (SSSR count). The summed E-state index contributed by atoms with van der Waals surface area (Å²) in [5.41, 5.74) is 5.45. The highest BCUT2D eigenvalue weighted by Gasteiger charge is 2.14. The van der Waals surface area contributed by atoms with Crippen molar-refractivity contribution in [1.82, 2.24) is 0 Å². The van der Waals surface area contributed by atoms with Gasteiger partial charge in [-0.05, 0) is 12.3 Å². The molecule has 0 saturated heterocycles. The van der Waals surface area contributed by atoms with E-state index in [1.54, 1.807) is 0 Å². The standard InChI is InChI=1S/C8H16ClNO2/c1-6(2)5-12-8(11)7(10)3-4-9/h6-7H,3-5,10H2,1-2H3/t7-/m0/s1. The van der Waals surface area contributed by atoms with Crippen molar-refractivity contribution in [1.29, 1.82) is 0 Å². The summed E-state index contributed by atoms with van der Waals surface area (Å²) in [4.78, 5) is 11.0. The van der Waals surface area contributed by atoms with E-state index in [-0.39, 0.29) is 5.97 Å². The molecule has 72 valence electrons. The molecule has 0 unspecified atom stereocenters. The molecule has 0 heterocycles. The number of hydrogen-bond donors (Lipinski definition) is 1. The number of nitrogens with two attached hydrogens (primary N) is 1. The van der Waals surface area contributed by atoms with Gasteiger partial charge in [-0.1, -0.05) is 13.8 Å². The van der Waals surface area contributed by atoms with E-state index in [4.69, 9.17) is 22.1 Å². The summed E-state index contributed by atoms with van der Waals surface area (Å²) in [6, 6.07) is -0.568. The molecule has 1 atom stereocenters. The van der Waals surface area contributed by atoms with Crippen LogP contribution in [-0.4, -0.2) is 24.5 Å². The van der Waals surface area contributed by atoms with Crippen LogP contribution in [0.25, 0.3) is 0 Å². The number of esters is 1. The first-order valence-electron chi connectivity index (χ1n) is 4.06. The molecule has 0 aromatic rings. The second-order valence-corrected chi connectivity index (χ2v) is 3.49. The fourth-order valence-corrected chi connectivity index (χ4v) is 0.826. The number of carbonyl (C=O) groups is 1. The number of ether oxygens (including phenoxy) is 1. The molecule has 0 bridgehead atoms. The molecule has 0 spiro atoms. The van der Waals surface area contributed by atoms with Gasteiger partial charge in [0.1, 0.15) is 6.04 Å². The number of carbonyl (C=O) groups excluding carboxylic acids is 1. The highest BCUT2D eigenvalue weighted by Crippen LogP contribution is 1.98. The van der Waals surface area contributed by atoms with Crippen molar-refractivity contribution in [3.05, 3.63) is 0 Å². The van der Waals surface area contributed by atoms with Crippen molar-refractivity contribution >= 4 is 17.6 Å². The topological polar surface area (TPSA) is 52.3 Å². The maximum absolute atomic E-state index is 11.0. The summed E-state index contributed by atoms with van der Waals surface area (Å²) in [5, 5.41) is 0. The fraction of sp³-hybridized carbons (Fsp3) is 0.875. The van der Waals surface area contributed by atoms with Gasteiger partial charge in [-0.3, -0.25) is 4.79 Å². The molecule has 2 N–H and O–H groups in total. The van der Waals surface area contributed by atoms with Crippen LogP contribution in [0.3, 0.4) is 0 Å². The molecule has 0 amide bonds. The third-order valence-electron chi connectivity index (χ3n) is 1.28. The average Bonchev–Trinajstić information content (AvgIpc) is 2.00. The molecule has 0 aromatic carbocycles. The molecule has 0 fully saturated rings. The third kappa shape index (κ3) is 5.38. The summed E-state index contributed by atoms with van der Waals surface area (Å²) in [7, 11) is 0. The van der Waals surface area contributed by atoms with Crippen LogP contribution in [0.15, 0.2) is 0 Å². The van der Waals surface area contributed by atoms with Gasteiger partial charge in [0.05, 0.1) is 6.61 Å². The van der Waals surface area contributed by atoms with E-state index < -0.39 is 6.04 Å². The fourth-order valence-electron chi connectivity index (χ4n) is 0.591. The number of halogens is 1. The zero-order chi connectivity index (χ0) is 9.56. The normalized spacial score (nSPS) is 13.1. The van der Waals surface area contributed by atoms with E-state index in [0.29, 0.717) is 24.8 Å². The van der Waals surface area contributed by atoms with Crippen molar-refractivity contribution in [3.8, 4) is 0 Å². The number of hydrogen-bond acceptors (Lipinski definition) is 3. The Kier molecular flexibility index (Phi) is 6.11. The SMILES string of the molecule is CC(C)COC(=O)[C@@H](N)CCCl. The molecule has 12 heavy (non-hydrogen) atoms. The van der Waals surface area contributed by atoms with E-state index in [2.05, 4.69) is 0 Å². The molecule has 0 saturated carbocycles. The van der Waals surface area contributed by atoms with E-state index >= 15 is 0 Å². The quantitative estimate of drug-likeness (QED) is 0.526. The van der Waals surface area contributed by atoms with Crippen LogP contribution in [0, 0.1) is 5.92 Å². The number of rotatable bonds is 5. The maximum atomic E-state index is 11.0. The van der Waals surface area contributed by atoms with Gasteiger partial charge in [-0.15, -0.1) is 11.6 Å².